The van der Waals surface area contributed by atoms with Crippen LogP contribution in [0, 0.1) is 3.57 Å². The fourth-order valence-electron chi connectivity index (χ4n) is 2.29. The van der Waals surface area contributed by atoms with E-state index in [2.05, 4.69) is 33.1 Å². The number of hydrogen-bond donors (Lipinski definition) is 1. The van der Waals surface area contributed by atoms with Crippen LogP contribution in [0.5, 0.6) is 11.5 Å². The van der Waals surface area contributed by atoms with E-state index in [9.17, 15) is 9.59 Å². The standard InChI is InChI=1S/C22H17IN2O4/c23-20-9-5-4-8-19(20)22(27)29-18-12-10-16(11-13-18)14-24-25-21(26)15-28-17-6-2-1-3-7-17/h1-14H,15H2,(H,25,26)/b24-14+. The van der Waals surface area contributed by atoms with Crippen molar-refractivity contribution in [2.45, 2.75) is 0 Å². The summed E-state index contributed by atoms with van der Waals surface area (Å²) in [5.74, 6) is 0.254. The highest BCUT2D eigenvalue weighted by Gasteiger charge is 2.11. The first-order chi connectivity index (χ1) is 14.1. The molecule has 0 atom stereocenters. The topological polar surface area (TPSA) is 77.0 Å². The number of nitrogens with one attached hydrogen (secondary N) is 1. The maximum absolute atomic E-state index is 12.2. The van der Waals surface area contributed by atoms with Crippen molar-refractivity contribution in [1.29, 1.82) is 0 Å². The minimum absolute atomic E-state index is 0.130. The van der Waals surface area contributed by atoms with E-state index >= 15 is 0 Å². The average Bonchev–Trinajstić information content (AvgIpc) is 2.74. The van der Waals surface area contributed by atoms with E-state index in [1.54, 1.807) is 48.5 Å². The molecule has 29 heavy (non-hydrogen) atoms. The zero-order chi connectivity index (χ0) is 20.5. The van der Waals surface area contributed by atoms with E-state index < -0.39 is 5.97 Å². The van der Waals surface area contributed by atoms with Crippen LogP contribution in [0.15, 0.2) is 84.0 Å². The number of para-hydroxylation sites is 1. The second kappa shape index (κ2) is 10.4. The number of ether oxygens (including phenoxy) is 2. The number of amides is 1. The van der Waals surface area contributed by atoms with Crippen LogP contribution in [0.1, 0.15) is 15.9 Å². The van der Waals surface area contributed by atoms with Crippen LogP contribution in [0.4, 0.5) is 0 Å². The van der Waals surface area contributed by atoms with E-state index in [-0.39, 0.29) is 12.5 Å². The molecule has 0 aromatic heterocycles. The first kappa shape index (κ1) is 20.5. The summed E-state index contributed by atoms with van der Waals surface area (Å²) in [6, 6.07) is 23.1. The Morgan fingerprint density at radius 1 is 0.897 bits per heavy atom. The van der Waals surface area contributed by atoms with Crippen molar-refractivity contribution in [3.05, 3.63) is 93.6 Å². The van der Waals surface area contributed by atoms with Gasteiger partial charge in [0.2, 0.25) is 0 Å². The smallest absolute Gasteiger partial charge is 0.344 e. The molecule has 0 bridgehead atoms. The molecule has 1 N–H and O–H groups in total. The molecule has 0 fully saturated rings. The molecule has 3 aromatic rings. The van der Waals surface area contributed by atoms with Gasteiger partial charge in [-0.25, -0.2) is 10.2 Å². The number of rotatable bonds is 7. The van der Waals surface area contributed by atoms with Gasteiger partial charge in [0.25, 0.3) is 5.91 Å². The molecule has 0 heterocycles. The van der Waals surface area contributed by atoms with E-state index in [0.717, 1.165) is 9.13 Å². The van der Waals surface area contributed by atoms with E-state index in [4.69, 9.17) is 9.47 Å². The number of benzene rings is 3. The molecular weight excluding hydrogens is 483 g/mol. The first-order valence-electron chi connectivity index (χ1n) is 8.68. The number of halogens is 1. The molecule has 0 aliphatic rings. The van der Waals surface area contributed by atoms with Gasteiger partial charge in [-0.15, -0.1) is 0 Å². The van der Waals surface area contributed by atoms with E-state index in [0.29, 0.717) is 17.1 Å². The largest absolute Gasteiger partial charge is 0.484 e. The molecule has 0 unspecified atom stereocenters. The lowest BCUT2D eigenvalue weighted by Gasteiger charge is -2.06. The summed E-state index contributed by atoms with van der Waals surface area (Å²) in [4.78, 5) is 24.0. The second-order valence-corrected chi connectivity index (χ2v) is 7.00. The summed E-state index contributed by atoms with van der Waals surface area (Å²) in [5.41, 5.74) is 3.65. The van der Waals surface area contributed by atoms with Crippen LogP contribution in [0.3, 0.4) is 0 Å². The van der Waals surface area contributed by atoms with Crippen LogP contribution < -0.4 is 14.9 Å². The van der Waals surface area contributed by atoms with Crippen molar-refractivity contribution in [1.82, 2.24) is 5.43 Å². The second-order valence-electron chi connectivity index (χ2n) is 5.83. The maximum atomic E-state index is 12.2. The normalized spacial score (nSPS) is 10.5. The number of carbonyl (C=O) groups excluding carboxylic acids is 2. The quantitative estimate of drug-likeness (QED) is 0.175. The van der Waals surface area contributed by atoms with Gasteiger partial charge in [-0.1, -0.05) is 30.3 Å². The summed E-state index contributed by atoms with van der Waals surface area (Å²) >= 11 is 2.09. The molecule has 0 aliphatic heterocycles. The summed E-state index contributed by atoms with van der Waals surface area (Å²) in [5, 5.41) is 3.89. The van der Waals surface area contributed by atoms with Crippen LogP contribution in [-0.4, -0.2) is 24.7 Å². The Hall–Kier alpha value is -3.20. The molecule has 0 radical (unpaired) electrons. The van der Waals surface area contributed by atoms with Crippen molar-refractivity contribution in [2.75, 3.05) is 6.61 Å². The first-order valence-corrected chi connectivity index (χ1v) is 9.76. The van der Waals surface area contributed by atoms with Crippen molar-refractivity contribution >= 4 is 40.7 Å². The summed E-state index contributed by atoms with van der Waals surface area (Å²) in [7, 11) is 0. The highest BCUT2D eigenvalue weighted by Crippen LogP contribution is 2.17. The SMILES string of the molecule is O=C(COc1ccccc1)N/N=C/c1ccc(OC(=O)c2ccccc2I)cc1. The van der Waals surface area contributed by atoms with Gasteiger partial charge in [-0.3, -0.25) is 4.79 Å². The number of nitrogens with zero attached hydrogens (tertiary/aromatic N) is 1. The van der Waals surface area contributed by atoms with Crippen molar-refractivity contribution in [3.8, 4) is 11.5 Å². The number of hydrogen-bond acceptors (Lipinski definition) is 5. The summed E-state index contributed by atoms with van der Waals surface area (Å²) < 4.78 is 11.5. The Morgan fingerprint density at radius 3 is 2.31 bits per heavy atom. The highest BCUT2D eigenvalue weighted by molar-refractivity contribution is 14.1. The maximum Gasteiger partial charge on any atom is 0.344 e. The molecule has 146 valence electrons. The Labute approximate surface area is 181 Å². The van der Waals surface area contributed by atoms with Crippen molar-refractivity contribution in [2.24, 2.45) is 5.10 Å². The van der Waals surface area contributed by atoms with Crippen molar-refractivity contribution < 1.29 is 19.1 Å². The lowest BCUT2D eigenvalue weighted by atomic mass is 10.2. The Kier molecular flexibility index (Phi) is 7.34. The molecule has 6 nitrogen and oxygen atoms in total. The van der Waals surface area contributed by atoms with Crippen LogP contribution >= 0.6 is 22.6 Å². The monoisotopic (exact) mass is 500 g/mol. The highest BCUT2D eigenvalue weighted by atomic mass is 127. The summed E-state index contributed by atoms with van der Waals surface area (Å²) in [6.07, 6.45) is 1.49. The Bertz CT molecular complexity index is 1000. The van der Waals surface area contributed by atoms with Crippen LogP contribution in [-0.2, 0) is 4.79 Å². The number of carbonyl (C=O) groups is 2. The number of hydrazone groups is 1. The molecule has 0 spiro atoms. The molecular formula is C22H17IN2O4. The molecule has 0 aliphatic carbocycles. The minimum Gasteiger partial charge on any atom is -0.484 e. The van der Waals surface area contributed by atoms with Gasteiger partial charge >= 0.3 is 5.97 Å². The zero-order valence-electron chi connectivity index (χ0n) is 15.2. The zero-order valence-corrected chi connectivity index (χ0v) is 17.4. The van der Waals surface area contributed by atoms with Gasteiger partial charge in [0, 0.05) is 3.57 Å². The Morgan fingerprint density at radius 2 is 1.59 bits per heavy atom. The number of esters is 1. The van der Waals surface area contributed by atoms with Crippen molar-refractivity contribution in [3.63, 3.8) is 0 Å². The van der Waals surface area contributed by atoms with Gasteiger partial charge in [-0.2, -0.15) is 5.10 Å². The fraction of sp³-hybridized carbons (Fsp3) is 0.0455. The third-order valence-electron chi connectivity index (χ3n) is 3.70. The van der Waals surface area contributed by atoms with Gasteiger partial charge < -0.3 is 9.47 Å². The van der Waals surface area contributed by atoms with Gasteiger partial charge in [-0.05, 0) is 76.7 Å². The molecule has 3 rings (SSSR count). The predicted molar refractivity (Wildman–Crippen MR) is 118 cm³/mol. The molecule has 1 amide bonds. The average molecular weight is 500 g/mol. The van der Waals surface area contributed by atoms with Gasteiger partial charge in [0.1, 0.15) is 11.5 Å². The lowest BCUT2D eigenvalue weighted by Crippen LogP contribution is -2.24. The molecule has 0 saturated carbocycles. The van der Waals surface area contributed by atoms with Gasteiger partial charge in [0.15, 0.2) is 6.61 Å². The Balaban J connectivity index is 1.48. The fourth-order valence-corrected chi connectivity index (χ4v) is 2.89. The lowest BCUT2D eigenvalue weighted by molar-refractivity contribution is -0.123. The predicted octanol–water partition coefficient (Wildman–Crippen LogP) is 4.04. The van der Waals surface area contributed by atoms with E-state index in [1.807, 2.05) is 30.3 Å². The van der Waals surface area contributed by atoms with E-state index in [1.165, 1.54) is 6.21 Å². The minimum atomic E-state index is -0.415. The molecule has 0 saturated heterocycles. The third kappa shape index (κ3) is 6.42. The third-order valence-corrected chi connectivity index (χ3v) is 4.64. The van der Waals surface area contributed by atoms with Crippen LogP contribution in [0.2, 0.25) is 0 Å². The molecule has 3 aromatic carbocycles. The van der Waals surface area contributed by atoms with Gasteiger partial charge in [0.05, 0.1) is 11.8 Å². The summed E-state index contributed by atoms with van der Waals surface area (Å²) in [6.45, 7) is -0.130. The molecule has 7 heteroatoms. The van der Waals surface area contributed by atoms with Crippen LogP contribution in [0.25, 0.3) is 0 Å².